The second-order valence-corrected chi connectivity index (χ2v) is 5.33. The van der Waals surface area contributed by atoms with E-state index >= 15 is 0 Å². The van der Waals surface area contributed by atoms with Gasteiger partial charge in [0.15, 0.2) is 5.82 Å². The van der Waals surface area contributed by atoms with E-state index in [1.54, 1.807) is 0 Å². The van der Waals surface area contributed by atoms with Gasteiger partial charge in [-0.1, -0.05) is 0 Å². The van der Waals surface area contributed by atoms with Crippen LogP contribution in [-0.4, -0.2) is 23.3 Å². The fourth-order valence-corrected chi connectivity index (χ4v) is 2.55. The Kier molecular flexibility index (Phi) is 3.48. The normalized spacial score (nSPS) is 11.0. The van der Waals surface area contributed by atoms with E-state index in [1.807, 2.05) is 0 Å². The maximum Gasteiger partial charge on any atom is 0.271 e. The maximum absolute atomic E-state index is 12.1. The van der Waals surface area contributed by atoms with Gasteiger partial charge in [-0.25, -0.2) is 13.4 Å². The molecule has 20 heavy (non-hydrogen) atoms. The van der Waals surface area contributed by atoms with Crippen molar-refractivity contribution in [2.24, 2.45) is 0 Å². The summed E-state index contributed by atoms with van der Waals surface area (Å²) in [5, 5.41) is 10.6. The molecule has 0 atom stereocenters. The summed E-state index contributed by atoms with van der Waals surface area (Å²) in [6.07, 6.45) is 3.92. The quantitative estimate of drug-likeness (QED) is 0.482. The van der Waals surface area contributed by atoms with Gasteiger partial charge in [-0.05, 0) is 6.07 Å². The highest BCUT2D eigenvalue weighted by molar-refractivity contribution is 7.92. The molecule has 1 aromatic heterocycles. The lowest BCUT2D eigenvalue weighted by Gasteiger charge is -2.08. The number of nitrogens with two attached hydrogens (primary N) is 1. The van der Waals surface area contributed by atoms with Gasteiger partial charge in [-0.3, -0.25) is 19.8 Å². The minimum Gasteiger partial charge on any atom is -0.397 e. The van der Waals surface area contributed by atoms with Crippen LogP contribution in [0.4, 0.5) is 17.2 Å². The van der Waals surface area contributed by atoms with Gasteiger partial charge in [-0.2, -0.15) is 0 Å². The Labute approximate surface area is 113 Å². The number of nitrogens with zero attached hydrogens (tertiary/aromatic N) is 3. The van der Waals surface area contributed by atoms with Crippen LogP contribution in [0.5, 0.6) is 0 Å². The number of benzene rings is 1. The number of aromatic nitrogens is 2. The van der Waals surface area contributed by atoms with Crippen LogP contribution in [-0.2, 0) is 10.0 Å². The standard InChI is InChI=1S/C10H9N5O4S/c11-8-5-7(15(16)17)1-2-9(8)20(18,19)14-10-6-12-3-4-13-10/h1-6H,11H2,(H,13,14). The summed E-state index contributed by atoms with van der Waals surface area (Å²) in [4.78, 5) is 17.1. The fourth-order valence-electron chi connectivity index (χ4n) is 1.44. The first-order valence-corrected chi connectivity index (χ1v) is 6.71. The summed E-state index contributed by atoms with van der Waals surface area (Å²) in [5.74, 6) is 0.0188. The summed E-state index contributed by atoms with van der Waals surface area (Å²) >= 11 is 0. The van der Waals surface area contributed by atoms with Gasteiger partial charge in [0, 0.05) is 24.5 Å². The van der Waals surface area contributed by atoms with Crippen molar-refractivity contribution in [3.05, 3.63) is 46.9 Å². The zero-order valence-corrected chi connectivity index (χ0v) is 10.7. The molecule has 0 saturated carbocycles. The number of hydrogen-bond acceptors (Lipinski definition) is 7. The number of rotatable bonds is 4. The fraction of sp³-hybridized carbons (Fsp3) is 0. The number of anilines is 2. The average Bonchev–Trinajstić information content (AvgIpc) is 2.38. The number of nitro benzene ring substituents is 1. The molecule has 1 aromatic carbocycles. The lowest BCUT2D eigenvalue weighted by molar-refractivity contribution is -0.384. The SMILES string of the molecule is Nc1cc([N+](=O)[O-])ccc1S(=O)(=O)Nc1cnccn1. The van der Waals surface area contributed by atoms with Crippen LogP contribution in [0.3, 0.4) is 0 Å². The molecule has 0 aliphatic rings. The summed E-state index contributed by atoms with van der Waals surface area (Å²) in [6, 6.07) is 3.10. The van der Waals surface area contributed by atoms with E-state index in [1.165, 1.54) is 18.6 Å². The molecule has 104 valence electrons. The predicted molar refractivity (Wildman–Crippen MR) is 70.3 cm³/mol. The van der Waals surface area contributed by atoms with E-state index in [-0.39, 0.29) is 22.1 Å². The van der Waals surface area contributed by atoms with Crippen LogP contribution in [0.25, 0.3) is 0 Å². The number of nitrogen functional groups attached to an aromatic ring is 1. The molecule has 0 bridgehead atoms. The Morgan fingerprint density at radius 2 is 2.05 bits per heavy atom. The molecule has 3 N–H and O–H groups in total. The van der Waals surface area contributed by atoms with Crippen LogP contribution in [0, 0.1) is 10.1 Å². The predicted octanol–water partition coefficient (Wildman–Crippen LogP) is 0.768. The summed E-state index contributed by atoms with van der Waals surface area (Å²) in [7, 11) is -3.99. The van der Waals surface area contributed by atoms with Crippen molar-refractivity contribution in [1.82, 2.24) is 9.97 Å². The number of nitro groups is 1. The van der Waals surface area contributed by atoms with Gasteiger partial charge < -0.3 is 5.73 Å². The van der Waals surface area contributed by atoms with Crippen LogP contribution < -0.4 is 10.5 Å². The molecule has 0 aliphatic heterocycles. The Morgan fingerprint density at radius 1 is 1.30 bits per heavy atom. The molecule has 0 saturated heterocycles. The molecule has 0 unspecified atom stereocenters. The second kappa shape index (κ2) is 5.09. The molecule has 0 fully saturated rings. The van der Waals surface area contributed by atoms with Gasteiger partial charge >= 0.3 is 0 Å². The molecular formula is C10H9N5O4S. The van der Waals surface area contributed by atoms with E-state index in [0.29, 0.717) is 0 Å². The van der Waals surface area contributed by atoms with Crippen LogP contribution in [0.15, 0.2) is 41.7 Å². The third kappa shape index (κ3) is 2.80. The zero-order valence-electron chi connectivity index (χ0n) is 9.92. The number of nitrogens with one attached hydrogen (secondary N) is 1. The smallest absolute Gasteiger partial charge is 0.271 e. The van der Waals surface area contributed by atoms with Gasteiger partial charge in [0.1, 0.15) is 4.90 Å². The molecule has 0 aliphatic carbocycles. The van der Waals surface area contributed by atoms with Crippen LogP contribution in [0.1, 0.15) is 0 Å². The van der Waals surface area contributed by atoms with Gasteiger partial charge in [0.25, 0.3) is 15.7 Å². The van der Waals surface area contributed by atoms with Crippen molar-refractivity contribution in [2.75, 3.05) is 10.5 Å². The molecule has 9 nitrogen and oxygen atoms in total. The molecular weight excluding hydrogens is 286 g/mol. The monoisotopic (exact) mass is 295 g/mol. The highest BCUT2D eigenvalue weighted by Gasteiger charge is 2.20. The molecule has 0 radical (unpaired) electrons. The van der Waals surface area contributed by atoms with Gasteiger partial charge in [-0.15, -0.1) is 0 Å². The lowest BCUT2D eigenvalue weighted by Crippen LogP contribution is -2.15. The number of hydrogen-bond donors (Lipinski definition) is 2. The molecule has 10 heteroatoms. The highest BCUT2D eigenvalue weighted by Crippen LogP contribution is 2.25. The zero-order chi connectivity index (χ0) is 14.8. The Balaban J connectivity index is 2.37. The molecule has 2 aromatic rings. The summed E-state index contributed by atoms with van der Waals surface area (Å²) in [6.45, 7) is 0. The van der Waals surface area contributed by atoms with E-state index in [0.717, 1.165) is 18.2 Å². The van der Waals surface area contributed by atoms with Crippen LogP contribution in [0.2, 0.25) is 0 Å². The largest absolute Gasteiger partial charge is 0.397 e. The van der Waals surface area contributed by atoms with E-state index in [2.05, 4.69) is 14.7 Å². The second-order valence-electron chi connectivity index (χ2n) is 3.68. The minimum absolute atomic E-state index is 0.0188. The number of sulfonamides is 1. The highest BCUT2D eigenvalue weighted by atomic mass is 32.2. The third-order valence-electron chi connectivity index (χ3n) is 2.30. The minimum atomic E-state index is -3.99. The summed E-state index contributed by atoms with van der Waals surface area (Å²) < 4.78 is 26.3. The Morgan fingerprint density at radius 3 is 2.60 bits per heavy atom. The van der Waals surface area contributed by atoms with Crippen molar-refractivity contribution in [3.63, 3.8) is 0 Å². The van der Waals surface area contributed by atoms with Crippen molar-refractivity contribution >= 4 is 27.2 Å². The van der Waals surface area contributed by atoms with E-state index in [9.17, 15) is 18.5 Å². The van der Waals surface area contributed by atoms with Crippen LogP contribution >= 0.6 is 0 Å². The number of non-ortho nitro benzene ring substituents is 1. The first-order valence-electron chi connectivity index (χ1n) is 5.23. The molecule has 1 heterocycles. The molecule has 2 rings (SSSR count). The first kappa shape index (κ1) is 13.7. The summed E-state index contributed by atoms with van der Waals surface area (Å²) in [5.41, 5.74) is 5.02. The van der Waals surface area contributed by atoms with Crippen molar-refractivity contribution in [3.8, 4) is 0 Å². The van der Waals surface area contributed by atoms with Gasteiger partial charge in [0.2, 0.25) is 0 Å². The maximum atomic E-state index is 12.1. The Bertz CT molecular complexity index is 747. The average molecular weight is 295 g/mol. The molecule has 0 amide bonds. The first-order chi connectivity index (χ1) is 9.40. The van der Waals surface area contributed by atoms with Crippen molar-refractivity contribution < 1.29 is 13.3 Å². The van der Waals surface area contributed by atoms with Gasteiger partial charge in [0.05, 0.1) is 16.8 Å². The van der Waals surface area contributed by atoms with E-state index in [4.69, 9.17) is 5.73 Å². The lowest BCUT2D eigenvalue weighted by atomic mass is 10.3. The van der Waals surface area contributed by atoms with Crippen molar-refractivity contribution in [2.45, 2.75) is 4.90 Å². The Hall–Kier alpha value is -2.75. The van der Waals surface area contributed by atoms with Crippen molar-refractivity contribution in [1.29, 1.82) is 0 Å². The topological polar surface area (TPSA) is 141 Å². The third-order valence-corrected chi connectivity index (χ3v) is 3.72. The van der Waals surface area contributed by atoms with E-state index < -0.39 is 14.9 Å². The molecule has 0 spiro atoms.